The van der Waals surface area contributed by atoms with Crippen LogP contribution in [0.25, 0.3) is 0 Å². The van der Waals surface area contributed by atoms with Gasteiger partial charge in [0.15, 0.2) is 0 Å². The van der Waals surface area contributed by atoms with E-state index in [0.29, 0.717) is 6.17 Å². The topological polar surface area (TPSA) is 6.48 Å². The summed E-state index contributed by atoms with van der Waals surface area (Å²) in [4.78, 5) is 4.97. The third kappa shape index (κ3) is 5.14. The van der Waals surface area contributed by atoms with Crippen LogP contribution in [0.3, 0.4) is 0 Å². The van der Waals surface area contributed by atoms with E-state index in [9.17, 15) is 0 Å². The van der Waals surface area contributed by atoms with Gasteiger partial charge in [-0.15, -0.1) is 0 Å². The van der Waals surface area contributed by atoms with Crippen LogP contribution in [0.15, 0.2) is 73.1 Å². The van der Waals surface area contributed by atoms with Gasteiger partial charge in [-0.2, -0.15) is 0 Å². The van der Waals surface area contributed by atoms with Gasteiger partial charge in [-0.3, -0.25) is 0 Å². The van der Waals surface area contributed by atoms with E-state index in [2.05, 4.69) is 89.8 Å². The van der Waals surface area contributed by atoms with Crippen LogP contribution >= 0.6 is 0 Å². The summed E-state index contributed by atoms with van der Waals surface area (Å²) in [6.07, 6.45) is 12.9. The molecule has 26 heavy (non-hydrogen) atoms. The summed E-state index contributed by atoms with van der Waals surface area (Å²) in [5, 5.41) is 0. The van der Waals surface area contributed by atoms with Crippen molar-refractivity contribution < 1.29 is 0 Å². The second-order valence-corrected chi connectivity index (χ2v) is 7.25. The van der Waals surface area contributed by atoms with Crippen LogP contribution in [-0.2, 0) is 6.54 Å². The van der Waals surface area contributed by atoms with Gasteiger partial charge in [0, 0.05) is 25.5 Å². The van der Waals surface area contributed by atoms with Gasteiger partial charge < -0.3 is 9.80 Å². The molecular formula is C24H32N2. The molecule has 0 amide bonds. The minimum absolute atomic E-state index is 0.312. The van der Waals surface area contributed by atoms with E-state index >= 15 is 0 Å². The molecule has 2 aromatic rings. The highest BCUT2D eigenvalue weighted by atomic mass is 15.4. The second kappa shape index (κ2) is 10.1. The molecule has 0 aromatic heterocycles. The van der Waals surface area contributed by atoms with Crippen molar-refractivity contribution in [2.24, 2.45) is 0 Å². The molecule has 1 heterocycles. The maximum Gasteiger partial charge on any atom is 0.127 e. The first-order chi connectivity index (χ1) is 12.9. The highest BCUT2D eigenvalue weighted by Gasteiger charge is 2.27. The van der Waals surface area contributed by atoms with Gasteiger partial charge >= 0.3 is 0 Å². The molecule has 1 aliphatic heterocycles. The smallest absolute Gasteiger partial charge is 0.127 e. The number of hydrogen-bond acceptors (Lipinski definition) is 2. The second-order valence-electron chi connectivity index (χ2n) is 7.25. The minimum atomic E-state index is 0.312. The quantitative estimate of drug-likeness (QED) is 0.463. The van der Waals surface area contributed by atoms with Gasteiger partial charge in [0.1, 0.15) is 6.17 Å². The fourth-order valence-corrected chi connectivity index (χ4v) is 3.74. The van der Waals surface area contributed by atoms with Crippen molar-refractivity contribution in [1.82, 2.24) is 9.80 Å². The summed E-state index contributed by atoms with van der Waals surface area (Å²) in [7, 11) is 0. The Labute approximate surface area is 159 Å². The number of nitrogens with zero attached hydrogens (tertiary/aromatic N) is 2. The summed E-state index contributed by atoms with van der Waals surface area (Å²) < 4.78 is 0. The van der Waals surface area contributed by atoms with Crippen molar-refractivity contribution in [2.75, 3.05) is 6.54 Å². The standard InChI is InChI=1S/C24H32N2/c1-2-3-4-5-6-13-18-25-19-20-26(21-22-14-9-7-10-15-22)24(25)23-16-11-8-12-17-23/h7-12,14-17,19-20,24H,2-6,13,18,21H2,1H3. The average Bonchev–Trinajstić information content (AvgIpc) is 3.08. The van der Waals surface area contributed by atoms with Gasteiger partial charge in [0.2, 0.25) is 0 Å². The van der Waals surface area contributed by atoms with Gasteiger partial charge in [0.05, 0.1) is 0 Å². The Morgan fingerprint density at radius 1 is 0.692 bits per heavy atom. The van der Waals surface area contributed by atoms with E-state index in [-0.39, 0.29) is 0 Å². The highest BCUT2D eigenvalue weighted by Crippen LogP contribution is 2.32. The van der Waals surface area contributed by atoms with E-state index < -0.39 is 0 Å². The Bertz CT molecular complexity index is 650. The van der Waals surface area contributed by atoms with E-state index in [0.717, 1.165) is 13.1 Å². The molecular weight excluding hydrogens is 316 g/mol. The van der Waals surface area contributed by atoms with E-state index in [4.69, 9.17) is 0 Å². The van der Waals surface area contributed by atoms with Crippen molar-refractivity contribution >= 4 is 0 Å². The van der Waals surface area contributed by atoms with Crippen molar-refractivity contribution in [1.29, 1.82) is 0 Å². The van der Waals surface area contributed by atoms with Crippen LogP contribution in [0.5, 0.6) is 0 Å². The first kappa shape index (κ1) is 18.6. The molecule has 0 radical (unpaired) electrons. The lowest BCUT2D eigenvalue weighted by molar-refractivity contribution is 0.146. The molecule has 1 unspecified atom stereocenters. The predicted molar refractivity (Wildman–Crippen MR) is 110 cm³/mol. The molecule has 1 aliphatic rings. The van der Waals surface area contributed by atoms with E-state index in [1.165, 1.54) is 49.7 Å². The minimum Gasteiger partial charge on any atom is -0.352 e. The molecule has 0 bridgehead atoms. The molecule has 0 saturated heterocycles. The molecule has 2 aromatic carbocycles. The number of rotatable bonds is 10. The summed E-state index contributed by atoms with van der Waals surface area (Å²) in [6.45, 7) is 4.36. The summed E-state index contributed by atoms with van der Waals surface area (Å²) in [6, 6.07) is 21.7. The summed E-state index contributed by atoms with van der Waals surface area (Å²) in [5.41, 5.74) is 2.74. The fraction of sp³-hybridized carbons (Fsp3) is 0.417. The van der Waals surface area contributed by atoms with Crippen molar-refractivity contribution in [2.45, 2.75) is 58.2 Å². The van der Waals surface area contributed by atoms with Gasteiger partial charge in [-0.05, 0) is 17.5 Å². The van der Waals surface area contributed by atoms with Crippen molar-refractivity contribution in [3.63, 3.8) is 0 Å². The number of unbranched alkanes of at least 4 members (excludes halogenated alkanes) is 5. The maximum atomic E-state index is 2.51. The van der Waals surface area contributed by atoms with Crippen LogP contribution in [-0.4, -0.2) is 16.3 Å². The maximum absolute atomic E-state index is 2.51. The van der Waals surface area contributed by atoms with Gasteiger partial charge in [-0.1, -0.05) is 99.7 Å². The van der Waals surface area contributed by atoms with Crippen LogP contribution in [0.2, 0.25) is 0 Å². The van der Waals surface area contributed by atoms with Gasteiger partial charge in [-0.25, -0.2) is 0 Å². The molecule has 0 fully saturated rings. The number of hydrogen-bond donors (Lipinski definition) is 0. The molecule has 2 nitrogen and oxygen atoms in total. The predicted octanol–water partition coefficient (Wildman–Crippen LogP) is 6.33. The Kier molecular flexibility index (Phi) is 7.18. The normalized spacial score (nSPS) is 16.4. The molecule has 1 atom stereocenters. The summed E-state index contributed by atoms with van der Waals surface area (Å²) in [5.74, 6) is 0. The Morgan fingerprint density at radius 3 is 2.04 bits per heavy atom. The average molecular weight is 349 g/mol. The van der Waals surface area contributed by atoms with Crippen molar-refractivity contribution in [3.8, 4) is 0 Å². The number of benzene rings is 2. The largest absolute Gasteiger partial charge is 0.352 e. The third-order valence-electron chi connectivity index (χ3n) is 5.15. The monoisotopic (exact) mass is 348 g/mol. The lowest BCUT2D eigenvalue weighted by atomic mass is 10.1. The van der Waals surface area contributed by atoms with E-state index in [1.807, 2.05) is 0 Å². The van der Waals surface area contributed by atoms with E-state index in [1.54, 1.807) is 0 Å². The van der Waals surface area contributed by atoms with Crippen LogP contribution in [0.1, 0.15) is 62.7 Å². The van der Waals surface area contributed by atoms with Crippen LogP contribution < -0.4 is 0 Å². The lowest BCUT2D eigenvalue weighted by Crippen LogP contribution is -2.31. The first-order valence-corrected chi connectivity index (χ1v) is 10.2. The molecule has 0 saturated carbocycles. The Morgan fingerprint density at radius 2 is 1.31 bits per heavy atom. The zero-order valence-electron chi connectivity index (χ0n) is 16.1. The lowest BCUT2D eigenvalue weighted by Gasteiger charge is -2.33. The van der Waals surface area contributed by atoms with Crippen LogP contribution in [0.4, 0.5) is 0 Å². The van der Waals surface area contributed by atoms with Gasteiger partial charge in [0.25, 0.3) is 0 Å². The molecule has 2 heteroatoms. The zero-order valence-corrected chi connectivity index (χ0v) is 16.1. The van der Waals surface area contributed by atoms with Crippen LogP contribution in [0, 0.1) is 0 Å². The molecule has 0 spiro atoms. The molecule has 0 aliphatic carbocycles. The Balaban J connectivity index is 1.62. The molecule has 138 valence electrons. The molecule has 0 N–H and O–H groups in total. The fourth-order valence-electron chi connectivity index (χ4n) is 3.74. The van der Waals surface area contributed by atoms with Crippen molar-refractivity contribution in [3.05, 3.63) is 84.2 Å². The zero-order chi connectivity index (χ0) is 18.0. The molecule has 3 rings (SSSR count). The third-order valence-corrected chi connectivity index (χ3v) is 5.15. The SMILES string of the molecule is CCCCCCCCN1C=CN(Cc2ccccc2)C1c1ccccc1. The highest BCUT2D eigenvalue weighted by molar-refractivity contribution is 5.23. The first-order valence-electron chi connectivity index (χ1n) is 10.2. The Hall–Kier alpha value is -2.22. The summed E-state index contributed by atoms with van der Waals surface area (Å²) >= 11 is 0.